The highest BCUT2D eigenvalue weighted by atomic mass is 35.5. The number of benzene rings is 1. The predicted molar refractivity (Wildman–Crippen MR) is 108 cm³/mol. The maximum Gasteiger partial charge on any atom is 0.267 e. The van der Waals surface area contributed by atoms with Gasteiger partial charge in [0.25, 0.3) is 5.91 Å². The van der Waals surface area contributed by atoms with Crippen molar-refractivity contribution in [1.29, 1.82) is 0 Å². The Balaban J connectivity index is 1.50. The standard InChI is InChI=1S/C16H13ClN4O2S3/c1-9-4-5-10(7-11(9)17)18-13(22)8-25-16-21-20-15(26-16)19-14(23)12-3-2-6-24-12/h2-7H,8H2,1H3,(H,18,22)(H,19,20,23). The van der Waals surface area contributed by atoms with Gasteiger partial charge < -0.3 is 5.32 Å². The molecule has 0 aliphatic carbocycles. The number of thiophene rings is 1. The van der Waals surface area contributed by atoms with Gasteiger partial charge in [-0.2, -0.15) is 0 Å². The van der Waals surface area contributed by atoms with E-state index in [1.54, 1.807) is 24.3 Å². The number of hydrogen-bond donors (Lipinski definition) is 2. The Morgan fingerprint density at radius 1 is 1.23 bits per heavy atom. The molecule has 134 valence electrons. The van der Waals surface area contributed by atoms with Crippen molar-refractivity contribution in [3.8, 4) is 0 Å². The van der Waals surface area contributed by atoms with E-state index in [1.807, 2.05) is 18.4 Å². The summed E-state index contributed by atoms with van der Waals surface area (Å²) >= 11 is 9.87. The van der Waals surface area contributed by atoms with Crippen LogP contribution in [0, 0.1) is 6.92 Å². The third-order valence-electron chi connectivity index (χ3n) is 3.15. The Morgan fingerprint density at radius 3 is 2.81 bits per heavy atom. The van der Waals surface area contributed by atoms with E-state index < -0.39 is 0 Å². The lowest BCUT2D eigenvalue weighted by molar-refractivity contribution is -0.113. The van der Waals surface area contributed by atoms with Crippen LogP contribution in [-0.4, -0.2) is 27.8 Å². The van der Waals surface area contributed by atoms with Crippen molar-refractivity contribution in [2.45, 2.75) is 11.3 Å². The van der Waals surface area contributed by atoms with Gasteiger partial charge in [-0.25, -0.2) is 0 Å². The van der Waals surface area contributed by atoms with Crippen LogP contribution in [0.3, 0.4) is 0 Å². The molecule has 0 aliphatic heterocycles. The van der Waals surface area contributed by atoms with E-state index in [0.29, 0.717) is 25.1 Å². The molecule has 0 fully saturated rings. The number of thioether (sulfide) groups is 1. The topological polar surface area (TPSA) is 84.0 Å². The van der Waals surface area contributed by atoms with Crippen LogP contribution in [0.15, 0.2) is 40.1 Å². The molecule has 0 saturated carbocycles. The summed E-state index contributed by atoms with van der Waals surface area (Å²) in [5.74, 6) is -0.213. The molecule has 2 aromatic heterocycles. The number of amides is 2. The van der Waals surface area contributed by atoms with E-state index in [2.05, 4.69) is 20.8 Å². The molecule has 0 aliphatic rings. The zero-order valence-electron chi connectivity index (χ0n) is 13.5. The van der Waals surface area contributed by atoms with Gasteiger partial charge in [-0.3, -0.25) is 14.9 Å². The first-order valence-electron chi connectivity index (χ1n) is 7.38. The Kier molecular flexibility index (Phi) is 6.25. The van der Waals surface area contributed by atoms with Gasteiger partial charge in [-0.1, -0.05) is 46.8 Å². The van der Waals surface area contributed by atoms with Crippen LogP contribution in [0.25, 0.3) is 0 Å². The summed E-state index contributed by atoms with van der Waals surface area (Å²) in [6.07, 6.45) is 0. The number of anilines is 2. The first-order chi connectivity index (χ1) is 12.5. The number of nitrogens with one attached hydrogen (secondary N) is 2. The van der Waals surface area contributed by atoms with Crippen molar-refractivity contribution in [2.75, 3.05) is 16.4 Å². The van der Waals surface area contributed by atoms with Crippen molar-refractivity contribution in [2.24, 2.45) is 0 Å². The molecule has 0 radical (unpaired) electrons. The SMILES string of the molecule is Cc1ccc(NC(=O)CSc2nnc(NC(=O)c3cccs3)s2)cc1Cl. The number of carbonyl (C=O) groups is 2. The van der Waals surface area contributed by atoms with Gasteiger partial charge in [0.1, 0.15) is 0 Å². The Labute approximate surface area is 167 Å². The largest absolute Gasteiger partial charge is 0.325 e. The number of hydrogen-bond acceptors (Lipinski definition) is 7. The van der Waals surface area contributed by atoms with E-state index >= 15 is 0 Å². The average Bonchev–Trinajstić information content (AvgIpc) is 3.28. The molecule has 10 heteroatoms. The van der Waals surface area contributed by atoms with Gasteiger partial charge in [0.05, 0.1) is 10.6 Å². The molecule has 6 nitrogen and oxygen atoms in total. The zero-order valence-corrected chi connectivity index (χ0v) is 16.7. The maximum absolute atomic E-state index is 12.0. The Hall–Kier alpha value is -1.94. The van der Waals surface area contributed by atoms with Crippen LogP contribution in [0.1, 0.15) is 15.2 Å². The maximum atomic E-state index is 12.0. The van der Waals surface area contributed by atoms with E-state index in [9.17, 15) is 9.59 Å². The van der Waals surface area contributed by atoms with Gasteiger partial charge in [0, 0.05) is 10.7 Å². The molecule has 2 N–H and O–H groups in total. The van der Waals surface area contributed by atoms with E-state index in [1.165, 1.54) is 34.4 Å². The molecule has 1 aromatic carbocycles. The van der Waals surface area contributed by atoms with Crippen LogP contribution in [-0.2, 0) is 4.79 Å². The summed E-state index contributed by atoms with van der Waals surface area (Å²) in [5.41, 5.74) is 1.59. The minimum absolute atomic E-state index is 0.172. The molecular weight excluding hydrogens is 412 g/mol. The van der Waals surface area contributed by atoms with Gasteiger partial charge in [-0.05, 0) is 36.1 Å². The van der Waals surface area contributed by atoms with Crippen molar-refractivity contribution < 1.29 is 9.59 Å². The number of rotatable bonds is 6. The first-order valence-corrected chi connectivity index (χ1v) is 10.4. The van der Waals surface area contributed by atoms with Crippen molar-refractivity contribution in [1.82, 2.24) is 10.2 Å². The van der Waals surface area contributed by atoms with Crippen LogP contribution < -0.4 is 10.6 Å². The summed E-state index contributed by atoms with van der Waals surface area (Å²) in [6.45, 7) is 1.90. The number of aryl methyl sites for hydroxylation is 1. The number of carbonyl (C=O) groups excluding carboxylic acids is 2. The van der Waals surface area contributed by atoms with Crippen LogP contribution in [0.5, 0.6) is 0 Å². The zero-order chi connectivity index (χ0) is 18.5. The molecule has 0 unspecified atom stereocenters. The van der Waals surface area contributed by atoms with Crippen LogP contribution in [0.2, 0.25) is 5.02 Å². The van der Waals surface area contributed by atoms with Crippen molar-refractivity contribution in [3.63, 3.8) is 0 Å². The number of aromatic nitrogens is 2. The van der Waals surface area contributed by atoms with Gasteiger partial charge >= 0.3 is 0 Å². The molecule has 2 amide bonds. The fourth-order valence-corrected chi connectivity index (χ4v) is 4.23. The van der Waals surface area contributed by atoms with E-state index in [-0.39, 0.29) is 17.6 Å². The monoisotopic (exact) mass is 424 g/mol. The lowest BCUT2D eigenvalue weighted by Gasteiger charge is -2.05. The van der Waals surface area contributed by atoms with Gasteiger partial charge in [0.2, 0.25) is 11.0 Å². The third kappa shape index (κ3) is 5.04. The molecule has 0 spiro atoms. The molecule has 2 heterocycles. The highest BCUT2D eigenvalue weighted by Gasteiger charge is 2.12. The molecular formula is C16H13ClN4O2S3. The summed E-state index contributed by atoms with van der Waals surface area (Å²) < 4.78 is 0.601. The quantitative estimate of drug-likeness (QED) is 0.448. The molecule has 3 aromatic rings. The Morgan fingerprint density at radius 2 is 2.08 bits per heavy atom. The summed E-state index contributed by atoms with van der Waals surface area (Å²) in [5, 5.41) is 16.2. The molecule has 3 rings (SSSR count). The van der Waals surface area contributed by atoms with Crippen molar-refractivity contribution in [3.05, 3.63) is 51.2 Å². The van der Waals surface area contributed by atoms with E-state index in [0.717, 1.165) is 5.56 Å². The average molecular weight is 425 g/mol. The second kappa shape index (κ2) is 8.63. The van der Waals surface area contributed by atoms with Crippen LogP contribution >= 0.6 is 46.0 Å². The second-order valence-corrected chi connectivity index (χ2v) is 8.66. The molecule has 0 bridgehead atoms. The fraction of sp³-hybridized carbons (Fsp3) is 0.125. The summed E-state index contributed by atoms with van der Waals surface area (Å²) in [6, 6.07) is 8.90. The molecule has 26 heavy (non-hydrogen) atoms. The van der Waals surface area contributed by atoms with Gasteiger partial charge in [0.15, 0.2) is 4.34 Å². The second-order valence-electron chi connectivity index (χ2n) is 5.11. The number of halogens is 1. The lowest BCUT2D eigenvalue weighted by Crippen LogP contribution is -2.13. The summed E-state index contributed by atoms with van der Waals surface area (Å²) in [4.78, 5) is 24.6. The lowest BCUT2D eigenvalue weighted by atomic mass is 10.2. The Bertz CT molecular complexity index is 927. The number of nitrogens with zero attached hydrogens (tertiary/aromatic N) is 2. The molecule has 0 atom stereocenters. The molecule has 0 saturated heterocycles. The highest BCUT2D eigenvalue weighted by molar-refractivity contribution is 8.01. The van der Waals surface area contributed by atoms with Crippen molar-refractivity contribution >= 4 is 68.7 Å². The normalized spacial score (nSPS) is 10.5. The highest BCUT2D eigenvalue weighted by Crippen LogP contribution is 2.26. The van der Waals surface area contributed by atoms with E-state index in [4.69, 9.17) is 11.6 Å². The minimum Gasteiger partial charge on any atom is -0.325 e. The summed E-state index contributed by atoms with van der Waals surface area (Å²) in [7, 11) is 0. The van der Waals surface area contributed by atoms with Gasteiger partial charge in [-0.15, -0.1) is 21.5 Å². The fourth-order valence-electron chi connectivity index (χ4n) is 1.88. The smallest absolute Gasteiger partial charge is 0.267 e. The minimum atomic E-state index is -0.221. The predicted octanol–water partition coefficient (Wildman–Crippen LogP) is 4.54. The van der Waals surface area contributed by atoms with Crippen LogP contribution in [0.4, 0.5) is 10.8 Å². The first kappa shape index (κ1) is 18.8. The third-order valence-corrected chi connectivity index (χ3v) is 6.40.